The Hall–Kier alpha value is -2.37. The van der Waals surface area contributed by atoms with Gasteiger partial charge in [-0.2, -0.15) is 6.67 Å². The van der Waals surface area contributed by atoms with E-state index in [0.29, 0.717) is 0 Å². The van der Waals surface area contributed by atoms with Crippen LogP contribution < -0.4 is 25.7 Å². The van der Waals surface area contributed by atoms with E-state index in [0.717, 1.165) is 13.1 Å². The fourth-order valence-electron chi connectivity index (χ4n) is 12.1. The van der Waals surface area contributed by atoms with Crippen LogP contribution in [0, 0.1) is 48.2 Å². The summed E-state index contributed by atoms with van der Waals surface area (Å²) in [5.41, 5.74) is 14.5. The molecule has 2 nitrogen and oxygen atoms in total. The van der Waals surface area contributed by atoms with Crippen molar-refractivity contribution in [3.63, 3.8) is 0 Å². The van der Waals surface area contributed by atoms with Gasteiger partial charge in [-0.3, -0.25) is 0 Å². The molecule has 1 heterocycles. The minimum absolute atomic E-state index is 0.0465. The Morgan fingerprint density at radius 3 is 1.05 bits per heavy atom. The van der Waals surface area contributed by atoms with E-state index in [4.69, 9.17) is 19.4 Å². The number of anilines is 2. The Morgan fingerprint density at radius 2 is 0.769 bits per heavy atom. The summed E-state index contributed by atoms with van der Waals surface area (Å²) in [6.45, 7) is 17.6. The molecule has 3 saturated carbocycles. The second-order valence-corrected chi connectivity index (χ2v) is 32.7. The fraction of sp³-hybridized carbons (Fsp3) is 0.448. The van der Waals surface area contributed by atoms with Crippen LogP contribution in [0.3, 0.4) is 0 Å². The molecule has 5 aromatic carbocycles. The Bertz CT molecular complexity index is 2010. The predicted molar refractivity (Wildman–Crippen MR) is 292 cm³/mol. The summed E-state index contributed by atoms with van der Waals surface area (Å²) in [7, 11) is 10.8. The maximum atomic E-state index is 6.39. The molecule has 0 spiro atoms. The molecule has 0 atom stereocenters. The van der Waals surface area contributed by atoms with Crippen molar-refractivity contribution in [2.45, 2.75) is 155 Å². The molecule has 4 aliphatic rings. The second-order valence-electron chi connectivity index (χ2n) is 19.5. The molecular weight excluding hydrogens is 959 g/mol. The Balaban J connectivity index is 0.000000146. The molecule has 0 amide bonds. The molecule has 7 heteroatoms. The van der Waals surface area contributed by atoms with Gasteiger partial charge in [0.2, 0.25) is 0 Å². The van der Waals surface area contributed by atoms with Gasteiger partial charge in [0, 0.05) is 32.4 Å². The quantitative estimate of drug-likeness (QED) is 0.0825. The summed E-state index contributed by atoms with van der Waals surface area (Å²) in [5, 5.41) is 3.87. The van der Waals surface area contributed by atoms with Gasteiger partial charge in [-0.05, 0) is 141 Å². The molecule has 3 aliphatic carbocycles. The van der Waals surface area contributed by atoms with Gasteiger partial charge in [-0.25, -0.2) is 0 Å². The number of halogens is 2. The zero-order valence-corrected chi connectivity index (χ0v) is 45.5. The standard InChI is InChI=1S/C21H27N2.C19H16P.C18H33P.2ClH.Ru/c1-14-9-16(3)20(17(4)10-14)22-7-8-23(13-22)21-18(5)11-15(2)12-19(21)6;1-20(17-11-5-2-6-12-17,18-13-7-3-8-14-18)19-15-9-4-10-16-19;1-4-10-16(11-5-1)19(17-12-6-2-7-13-17)18-14-8-3-9-15-18;;;/h9-13H,7-8H2,1-6H3;1-16H;16-18H,1-15H2;2*1H;/q-1;+1;;;;+2/p-1. The number of aryl methyl sites for hydroxylation is 6. The van der Waals surface area contributed by atoms with Crippen molar-refractivity contribution >= 4 is 66.2 Å². The number of benzene rings is 5. The molecule has 4 fully saturated rings. The number of nitrogens with zero attached hydrogens (tertiary/aromatic N) is 2. The summed E-state index contributed by atoms with van der Waals surface area (Å²) in [5.74, 6) is 0. The van der Waals surface area contributed by atoms with Crippen LogP contribution in [0.15, 0.2) is 115 Å². The molecule has 1 aliphatic heterocycles. The van der Waals surface area contributed by atoms with Gasteiger partial charge >= 0.3 is 151 Å². The zero-order valence-electron chi connectivity index (χ0n) is 40.3. The van der Waals surface area contributed by atoms with Gasteiger partial charge in [-0.15, -0.1) is 0 Å². The SMILES string of the molecule is C1CCC([PH+](C2CCCCC2)C2CCCCC2)CC1.Cc1cc(C)c(N2[CH-]N(c3c(C)cc(C)cc3C)CC2)c(C)c1.[Cl][Ru]([Cl])=[CH][P+](c1ccccc1)(c1ccccc1)c1ccccc1. The molecular formula is C58H77Cl2N2P2Ru+. The zero-order chi connectivity index (χ0) is 45.8. The summed E-state index contributed by atoms with van der Waals surface area (Å²) >= 11 is -1.98. The number of hydrogen-bond acceptors (Lipinski definition) is 2. The third kappa shape index (κ3) is 13.0. The first-order valence-corrected chi connectivity index (χ1v) is 33.9. The summed E-state index contributed by atoms with van der Waals surface area (Å²) < 4.78 is 2.25. The third-order valence-corrected chi connectivity index (χ3v) is 28.4. The van der Waals surface area contributed by atoms with Gasteiger partial charge in [0.05, 0.1) is 17.0 Å². The Kier molecular flexibility index (Phi) is 19.3. The molecule has 9 rings (SSSR count). The fourth-order valence-corrected chi connectivity index (χ4v) is 28.2. The van der Waals surface area contributed by atoms with Crippen LogP contribution in [0.4, 0.5) is 11.4 Å². The van der Waals surface area contributed by atoms with E-state index in [1.165, 1.54) is 77.6 Å². The first-order valence-electron chi connectivity index (χ1n) is 24.9. The van der Waals surface area contributed by atoms with E-state index in [2.05, 4.69) is 159 Å². The molecule has 350 valence electrons. The van der Waals surface area contributed by atoms with Gasteiger partial charge in [0.1, 0.15) is 0 Å². The van der Waals surface area contributed by atoms with E-state index in [1.807, 2.05) is 18.2 Å². The first kappa shape index (κ1) is 50.5. The molecule has 1 saturated heterocycles. The van der Waals surface area contributed by atoms with Crippen LogP contribution in [-0.2, 0) is 13.5 Å². The maximum absolute atomic E-state index is 6.39. The van der Waals surface area contributed by atoms with Crippen molar-refractivity contribution in [2.75, 3.05) is 22.9 Å². The molecule has 0 N–H and O–H groups in total. The molecule has 0 aromatic heterocycles. The molecule has 0 unspecified atom stereocenters. The average Bonchev–Trinajstić information content (AvgIpc) is 3.78. The van der Waals surface area contributed by atoms with E-state index in [-0.39, 0.29) is 7.92 Å². The number of hydrogen-bond donors (Lipinski definition) is 0. The van der Waals surface area contributed by atoms with Crippen molar-refractivity contribution in [1.82, 2.24) is 0 Å². The van der Waals surface area contributed by atoms with E-state index in [1.54, 1.807) is 96.3 Å². The van der Waals surface area contributed by atoms with E-state index in [9.17, 15) is 0 Å². The third-order valence-electron chi connectivity index (χ3n) is 14.6. The molecule has 5 aromatic rings. The summed E-state index contributed by atoms with van der Waals surface area (Å²) in [6.07, 6.45) is 23.8. The van der Waals surface area contributed by atoms with Crippen molar-refractivity contribution in [3.05, 3.63) is 155 Å². The van der Waals surface area contributed by atoms with Crippen LogP contribution >= 0.6 is 34.6 Å². The predicted octanol–water partition coefficient (Wildman–Crippen LogP) is 15.8. The van der Waals surface area contributed by atoms with E-state index >= 15 is 0 Å². The van der Waals surface area contributed by atoms with Crippen LogP contribution in [0.2, 0.25) is 0 Å². The van der Waals surface area contributed by atoms with Crippen molar-refractivity contribution in [3.8, 4) is 0 Å². The van der Waals surface area contributed by atoms with E-state index < -0.39 is 20.8 Å². The summed E-state index contributed by atoms with van der Waals surface area (Å²) in [4.78, 5) is 4.81. The normalized spacial score (nSPS) is 17.8. The van der Waals surface area contributed by atoms with Crippen molar-refractivity contribution < 1.29 is 13.5 Å². The second kappa shape index (κ2) is 24.8. The first-order chi connectivity index (χ1) is 31.5. The van der Waals surface area contributed by atoms with Gasteiger partial charge in [-0.1, -0.05) is 54.7 Å². The van der Waals surface area contributed by atoms with Crippen LogP contribution in [0.1, 0.15) is 130 Å². The van der Waals surface area contributed by atoms with Crippen LogP contribution in [-0.4, -0.2) is 34.4 Å². The van der Waals surface area contributed by atoms with Crippen LogP contribution in [0.5, 0.6) is 0 Å². The minimum atomic E-state index is -1.98. The summed E-state index contributed by atoms with van der Waals surface area (Å²) in [6, 6.07) is 40.9. The Labute approximate surface area is 409 Å². The average molecular weight is 1040 g/mol. The monoisotopic (exact) mass is 1040 g/mol. The molecule has 0 radical (unpaired) electrons. The van der Waals surface area contributed by atoms with Crippen LogP contribution in [0.25, 0.3) is 0 Å². The van der Waals surface area contributed by atoms with Gasteiger partial charge < -0.3 is 9.80 Å². The molecule has 0 bridgehead atoms. The van der Waals surface area contributed by atoms with Gasteiger partial charge in [0.15, 0.2) is 0 Å². The van der Waals surface area contributed by atoms with Crippen molar-refractivity contribution in [1.29, 1.82) is 0 Å². The number of rotatable bonds is 9. The molecule has 65 heavy (non-hydrogen) atoms. The topological polar surface area (TPSA) is 6.48 Å². The van der Waals surface area contributed by atoms with Crippen molar-refractivity contribution in [2.24, 2.45) is 0 Å². The Morgan fingerprint density at radius 1 is 0.477 bits per heavy atom. The van der Waals surface area contributed by atoms with Gasteiger partial charge in [0.25, 0.3) is 0 Å².